The maximum atomic E-state index is 13.0. The van der Waals surface area contributed by atoms with E-state index >= 15 is 0 Å². The van der Waals surface area contributed by atoms with Gasteiger partial charge in [0, 0.05) is 43.9 Å². The molecule has 3 fully saturated rings. The Labute approximate surface area is 154 Å². The van der Waals surface area contributed by atoms with Gasteiger partial charge in [0.1, 0.15) is 5.78 Å². The third-order valence-electron chi connectivity index (χ3n) is 6.18. The van der Waals surface area contributed by atoms with Crippen molar-refractivity contribution in [2.45, 2.75) is 32.1 Å². The molecule has 5 heteroatoms. The van der Waals surface area contributed by atoms with Crippen molar-refractivity contribution in [2.75, 3.05) is 31.1 Å². The van der Waals surface area contributed by atoms with Gasteiger partial charge in [-0.2, -0.15) is 0 Å². The van der Waals surface area contributed by atoms with E-state index in [1.807, 2.05) is 29.2 Å². The summed E-state index contributed by atoms with van der Waals surface area (Å²) in [5.41, 5.74) is 1.05. The smallest absolute Gasteiger partial charge is 0.225 e. The van der Waals surface area contributed by atoms with Crippen molar-refractivity contribution < 1.29 is 9.59 Å². The first-order chi connectivity index (χ1) is 12.1. The van der Waals surface area contributed by atoms with Gasteiger partial charge in [-0.05, 0) is 37.8 Å². The van der Waals surface area contributed by atoms with Crippen LogP contribution >= 0.6 is 11.6 Å². The van der Waals surface area contributed by atoms with Gasteiger partial charge in [-0.25, -0.2) is 0 Å². The third kappa shape index (κ3) is 3.29. The lowest BCUT2D eigenvalue weighted by Gasteiger charge is -2.41. The Bertz CT molecular complexity index is 653. The van der Waals surface area contributed by atoms with Crippen molar-refractivity contribution in [1.29, 1.82) is 0 Å². The summed E-state index contributed by atoms with van der Waals surface area (Å²) in [4.78, 5) is 29.5. The number of halogens is 1. The van der Waals surface area contributed by atoms with Crippen LogP contribution in [0.1, 0.15) is 32.1 Å². The fraction of sp³-hybridized carbons (Fsp3) is 0.600. The van der Waals surface area contributed by atoms with Gasteiger partial charge in [0.2, 0.25) is 5.91 Å². The number of para-hydroxylation sites is 1. The number of amides is 1. The molecule has 1 aromatic rings. The van der Waals surface area contributed by atoms with Crippen LogP contribution in [0, 0.1) is 17.8 Å². The number of rotatable bonds is 2. The quantitative estimate of drug-likeness (QED) is 0.811. The molecule has 4 nitrogen and oxygen atoms in total. The summed E-state index contributed by atoms with van der Waals surface area (Å²) in [6.45, 7) is 3.11. The first-order valence-electron chi connectivity index (χ1n) is 9.45. The molecule has 4 rings (SSSR count). The van der Waals surface area contributed by atoms with Crippen molar-refractivity contribution in [3.63, 3.8) is 0 Å². The predicted octanol–water partition coefficient (Wildman–Crippen LogP) is 3.38. The van der Waals surface area contributed by atoms with Gasteiger partial charge in [0.15, 0.2) is 0 Å². The standard InChI is InChI=1S/C20H25ClN2O2/c21-17-6-1-2-7-18(17)22-8-10-23(11-9-22)20(25)16-12-14-4-3-5-15(13-16)19(14)24/h1-2,6-7,14-16H,3-5,8-13H2. The molecule has 0 aromatic heterocycles. The number of carbonyl (C=O) groups is 2. The predicted molar refractivity (Wildman–Crippen MR) is 98.8 cm³/mol. The van der Waals surface area contributed by atoms with Crippen molar-refractivity contribution >= 4 is 29.0 Å². The van der Waals surface area contributed by atoms with E-state index in [2.05, 4.69) is 4.90 Å². The third-order valence-corrected chi connectivity index (χ3v) is 6.50. The summed E-state index contributed by atoms with van der Waals surface area (Å²) in [7, 11) is 0. The minimum atomic E-state index is 0.0554. The van der Waals surface area contributed by atoms with Crippen LogP contribution in [-0.2, 0) is 9.59 Å². The van der Waals surface area contributed by atoms with E-state index < -0.39 is 0 Å². The number of nitrogens with zero attached hydrogens (tertiary/aromatic N) is 2. The van der Waals surface area contributed by atoms with Crippen LogP contribution in [0.15, 0.2) is 24.3 Å². The van der Waals surface area contributed by atoms with E-state index in [0.717, 1.165) is 69.0 Å². The van der Waals surface area contributed by atoms with Crippen molar-refractivity contribution in [1.82, 2.24) is 4.90 Å². The lowest BCUT2D eigenvalue weighted by molar-refractivity contribution is -0.143. The number of carbonyl (C=O) groups excluding carboxylic acids is 2. The fourth-order valence-corrected chi connectivity index (χ4v) is 5.07. The van der Waals surface area contributed by atoms with Crippen LogP contribution in [0.25, 0.3) is 0 Å². The highest BCUT2D eigenvalue weighted by Gasteiger charge is 2.42. The van der Waals surface area contributed by atoms with E-state index in [1.165, 1.54) is 0 Å². The van der Waals surface area contributed by atoms with Crippen LogP contribution < -0.4 is 4.90 Å². The number of benzene rings is 1. The number of fused-ring (bicyclic) bond motifs is 2. The van der Waals surface area contributed by atoms with Crippen molar-refractivity contribution in [2.24, 2.45) is 17.8 Å². The Morgan fingerprint density at radius 3 is 2.28 bits per heavy atom. The highest BCUT2D eigenvalue weighted by atomic mass is 35.5. The topological polar surface area (TPSA) is 40.6 Å². The Hall–Kier alpha value is -1.55. The summed E-state index contributed by atoms with van der Waals surface area (Å²) in [6, 6.07) is 7.88. The maximum Gasteiger partial charge on any atom is 0.225 e. The Morgan fingerprint density at radius 2 is 1.64 bits per heavy atom. The zero-order valence-corrected chi connectivity index (χ0v) is 15.3. The van der Waals surface area contributed by atoms with Gasteiger partial charge >= 0.3 is 0 Å². The molecule has 0 radical (unpaired) electrons. The van der Waals surface area contributed by atoms with E-state index in [4.69, 9.17) is 11.6 Å². The molecule has 134 valence electrons. The normalized spacial score (nSPS) is 29.6. The van der Waals surface area contributed by atoms with Gasteiger partial charge in [-0.3, -0.25) is 9.59 Å². The summed E-state index contributed by atoms with van der Waals surface area (Å²) >= 11 is 6.29. The molecule has 2 bridgehead atoms. The molecule has 2 unspecified atom stereocenters. The molecule has 2 aliphatic carbocycles. The monoisotopic (exact) mass is 360 g/mol. The van der Waals surface area contributed by atoms with Crippen molar-refractivity contribution in [3.05, 3.63) is 29.3 Å². The first-order valence-corrected chi connectivity index (χ1v) is 9.83. The van der Waals surface area contributed by atoms with Gasteiger partial charge in [-0.15, -0.1) is 0 Å². The molecule has 1 heterocycles. The summed E-state index contributed by atoms with van der Waals surface area (Å²) in [5, 5.41) is 0.765. The molecular formula is C20H25ClN2O2. The van der Waals surface area contributed by atoms with E-state index in [-0.39, 0.29) is 23.7 Å². The summed E-state index contributed by atoms with van der Waals surface area (Å²) in [6.07, 6.45) is 4.68. The summed E-state index contributed by atoms with van der Waals surface area (Å²) < 4.78 is 0. The maximum absolute atomic E-state index is 13.0. The fourth-order valence-electron chi connectivity index (χ4n) is 4.82. The van der Waals surface area contributed by atoms with Crippen LogP contribution in [-0.4, -0.2) is 42.8 Å². The van der Waals surface area contributed by atoms with E-state index in [9.17, 15) is 9.59 Å². The lowest BCUT2D eigenvalue weighted by Crippen LogP contribution is -2.52. The molecule has 0 N–H and O–H groups in total. The Balaban J connectivity index is 1.37. The zero-order chi connectivity index (χ0) is 17.4. The molecule has 25 heavy (non-hydrogen) atoms. The molecule has 1 aliphatic heterocycles. The Morgan fingerprint density at radius 1 is 1.00 bits per heavy atom. The largest absolute Gasteiger partial charge is 0.367 e. The average Bonchev–Trinajstić information content (AvgIpc) is 2.61. The zero-order valence-electron chi connectivity index (χ0n) is 14.5. The molecule has 1 saturated heterocycles. The van der Waals surface area contributed by atoms with Crippen LogP contribution in [0.4, 0.5) is 5.69 Å². The second-order valence-corrected chi connectivity index (χ2v) is 8.07. The number of piperazine rings is 1. The van der Waals surface area contributed by atoms with E-state index in [0.29, 0.717) is 5.78 Å². The minimum absolute atomic E-state index is 0.0554. The minimum Gasteiger partial charge on any atom is -0.367 e. The van der Waals surface area contributed by atoms with Gasteiger partial charge < -0.3 is 9.80 Å². The molecule has 2 saturated carbocycles. The van der Waals surface area contributed by atoms with Crippen LogP contribution in [0.2, 0.25) is 5.02 Å². The molecule has 3 aliphatic rings. The second-order valence-electron chi connectivity index (χ2n) is 7.66. The van der Waals surface area contributed by atoms with Crippen molar-refractivity contribution in [3.8, 4) is 0 Å². The summed E-state index contributed by atoms with van der Waals surface area (Å²) in [5.74, 6) is 1.04. The first kappa shape index (κ1) is 16.9. The molecule has 1 amide bonds. The van der Waals surface area contributed by atoms with Crippen LogP contribution in [0.5, 0.6) is 0 Å². The number of hydrogen-bond donors (Lipinski definition) is 0. The molecule has 0 spiro atoms. The average molecular weight is 361 g/mol. The van der Waals surface area contributed by atoms with Gasteiger partial charge in [0.05, 0.1) is 10.7 Å². The number of hydrogen-bond acceptors (Lipinski definition) is 3. The number of anilines is 1. The van der Waals surface area contributed by atoms with Gasteiger partial charge in [0.25, 0.3) is 0 Å². The SMILES string of the molecule is O=C1C2CCCC1CC(C(=O)N1CCN(c3ccccc3Cl)CC1)C2. The number of ketones is 1. The van der Waals surface area contributed by atoms with E-state index in [1.54, 1.807) is 0 Å². The number of Topliss-reactive ketones (excluding diaryl/α,β-unsaturated/α-hetero) is 1. The second kappa shape index (κ2) is 6.99. The molecule has 2 atom stereocenters. The highest BCUT2D eigenvalue weighted by Crippen LogP contribution is 2.40. The highest BCUT2D eigenvalue weighted by molar-refractivity contribution is 6.33. The Kier molecular flexibility index (Phi) is 4.72. The molecular weight excluding hydrogens is 336 g/mol. The van der Waals surface area contributed by atoms with Crippen LogP contribution in [0.3, 0.4) is 0 Å². The lowest BCUT2D eigenvalue weighted by atomic mass is 9.67. The van der Waals surface area contributed by atoms with Gasteiger partial charge in [-0.1, -0.05) is 30.2 Å². The molecule has 1 aromatic carbocycles.